The Bertz CT molecular complexity index is 703. The zero-order valence-corrected chi connectivity index (χ0v) is 13.3. The third-order valence-electron chi connectivity index (χ3n) is 4.34. The highest BCUT2D eigenvalue weighted by Gasteiger charge is 2.11. The number of aryl methyl sites for hydroxylation is 1. The first kappa shape index (κ1) is 15.3. The molecule has 3 heteroatoms. The fraction of sp³-hybridized carbons (Fsp3) is 0.250. The minimum absolute atomic E-state index is 0.0315. The fourth-order valence-corrected chi connectivity index (χ4v) is 3.02. The molecule has 1 fully saturated rings. The summed E-state index contributed by atoms with van der Waals surface area (Å²) in [6, 6.07) is 12.0. The van der Waals surface area contributed by atoms with Crippen LogP contribution < -0.4 is 4.90 Å². The number of carbonyl (C=O) groups is 1. The second-order valence-electron chi connectivity index (χ2n) is 6.01. The van der Waals surface area contributed by atoms with Crippen LogP contribution in [0.15, 0.2) is 36.4 Å². The molecule has 0 aromatic heterocycles. The summed E-state index contributed by atoms with van der Waals surface area (Å²) in [7, 11) is 0. The topological polar surface area (TPSA) is 40.5 Å². The number of benzene rings is 2. The predicted molar refractivity (Wildman–Crippen MR) is 95.0 cm³/mol. The van der Waals surface area contributed by atoms with E-state index in [1.54, 1.807) is 6.07 Å². The monoisotopic (exact) mass is 307 g/mol. The maximum absolute atomic E-state index is 10.9. The normalized spacial score (nSPS) is 14.6. The van der Waals surface area contributed by atoms with Crippen LogP contribution in [0.4, 0.5) is 5.69 Å². The van der Waals surface area contributed by atoms with E-state index in [1.165, 1.54) is 18.5 Å². The average molecular weight is 307 g/mol. The molecular formula is C20H21NO2. The quantitative estimate of drug-likeness (QED) is 0.677. The van der Waals surface area contributed by atoms with Crippen LogP contribution in [0.2, 0.25) is 0 Å². The average Bonchev–Trinajstić information content (AvgIpc) is 3.08. The third-order valence-corrected chi connectivity index (χ3v) is 4.34. The van der Waals surface area contributed by atoms with E-state index >= 15 is 0 Å². The van der Waals surface area contributed by atoms with Crippen LogP contribution in [-0.2, 0) is 0 Å². The van der Waals surface area contributed by atoms with E-state index in [0.717, 1.165) is 29.8 Å². The lowest BCUT2D eigenvalue weighted by molar-refractivity contribution is 0.112. The molecule has 23 heavy (non-hydrogen) atoms. The minimum atomic E-state index is 0.0315. The summed E-state index contributed by atoms with van der Waals surface area (Å²) in [6.07, 6.45) is 7.21. The van der Waals surface area contributed by atoms with Crippen molar-refractivity contribution in [3.05, 3.63) is 58.7 Å². The first-order valence-electron chi connectivity index (χ1n) is 7.99. The molecular weight excluding hydrogens is 286 g/mol. The second-order valence-corrected chi connectivity index (χ2v) is 6.01. The van der Waals surface area contributed by atoms with Gasteiger partial charge in [-0.1, -0.05) is 30.4 Å². The summed E-state index contributed by atoms with van der Waals surface area (Å²) in [5, 5.41) is 9.86. The summed E-state index contributed by atoms with van der Waals surface area (Å²) in [4.78, 5) is 13.3. The number of phenolic OH excluding ortho intramolecular Hbond substituents is 1. The summed E-state index contributed by atoms with van der Waals surface area (Å²) in [5.74, 6) is 0.0315. The van der Waals surface area contributed by atoms with Crippen LogP contribution in [0.25, 0.3) is 12.2 Å². The summed E-state index contributed by atoms with van der Waals surface area (Å²) >= 11 is 0. The molecule has 0 bridgehead atoms. The van der Waals surface area contributed by atoms with Crippen molar-refractivity contribution < 1.29 is 9.90 Å². The number of hydrogen-bond acceptors (Lipinski definition) is 3. The highest BCUT2D eigenvalue weighted by Crippen LogP contribution is 2.24. The van der Waals surface area contributed by atoms with Crippen molar-refractivity contribution in [3.63, 3.8) is 0 Å². The van der Waals surface area contributed by atoms with Gasteiger partial charge in [0, 0.05) is 18.8 Å². The van der Waals surface area contributed by atoms with Gasteiger partial charge in [0.2, 0.25) is 0 Å². The molecule has 0 unspecified atom stereocenters. The number of rotatable bonds is 4. The number of phenols is 1. The number of aldehydes is 1. The Kier molecular flexibility index (Phi) is 4.47. The van der Waals surface area contributed by atoms with Gasteiger partial charge in [-0.3, -0.25) is 4.79 Å². The molecule has 0 radical (unpaired) electrons. The van der Waals surface area contributed by atoms with Gasteiger partial charge in [0.15, 0.2) is 6.29 Å². The molecule has 3 rings (SSSR count). The summed E-state index contributed by atoms with van der Waals surface area (Å²) < 4.78 is 0. The molecule has 0 saturated carbocycles. The van der Waals surface area contributed by atoms with Gasteiger partial charge in [0.1, 0.15) is 5.75 Å². The number of hydrogen-bond donors (Lipinski definition) is 1. The Morgan fingerprint density at radius 2 is 1.65 bits per heavy atom. The van der Waals surface area contributed by atoms with E-state index in [0.29, 0.717) is 11.8 Å². The third kappa shape index (κ3) is 3.45. The van der Waals surface area contributed by atoms with Crippen LogP contribution in [-0.4, -0.2) is 24.5 Å². The zero-order chi connectivity index (χ0) is 16.2. The van der Waals surface area contributed by atoms with E-state index in [9.17, 15) is 9.90 Å². The van der Waals surface area contributed by atoms with Gasteiger partial charge in [0.25, 0.3) is 0 Å². The molecule has 0 amide bonds. The van der Waals surface area contributed by atoms with Gasteiger partial charge in [-0.2, -0.15) is 0 Å². The fourth-order valence-electron chi connectivity index (χ4n) is 3.02. The maximum Gasteiger partial charge on any atom is 0.154 e. The smallest absolute Gasteiger partial charge is 0.154 e. The SMILES string of the molecule is Cc1cc(/C=C/c2ccc(N3CCCC3)cc2)cc(O)c1C=O. The van der Waals surface area contributed by atoms with E-state index in [2.05, 4.69) is 29.2 Å². The van der Waals surface area contributed by atoms with Crippen LogP contribution in [0.5, 0.6) is 5.75 Å². The van der Waals surface area contributed by atoms with Gasteiger partial charge in [0.05, 0.1) is 5.56 Å². The van der Waals surface area contributed by atoms with E-state index in [4.69, 9.17) is 0 Å². The molecule has 1 saturated heterocycles. The van der Waals surface area contributed by atoms with E-state index in [1.807, 2.05) is 25.1 Å². The first-order valence-corrected chi connectivity index (χ1v) is 7.99. The lowest BCUT2D eigenvalue weighted by Crippen LogP contribution is -2.17. The number of nitrogens with zero attached hydrogens (tertiary/aromatic N) is 1. The Morgan fingerprint density at radius 3 is 2.26 bits per heavy atom. The number of aromatic hydroxyl groups is 1. The predicted octanol–water partition coefficient (Wildman–Crippen LogP) is 4.28. The van der Waals surface area contributed by atoms with Gasteiger partial charge in [-0.25, -0.2) is 0 Å². The zero-order valence-electron chi connectivity index (χ0n) is 13.3. The van der Waals surface area contributed by atoms with E-state index in [-0.39, 0.29) is 5.75 Å². The maximum atomic E-state index is 10.9. The lowest BCUT2D eigenvalue weighted by Gasteiger charge is -2.17. The van der Waals surface area contributed by atoms with Crippen molar-refractivity contribution in [1.82, 2.24) is 0 Å². The largest absolute Gasteiger partial charge is 0.507 e. The standard InChI is InChI=1S/C20H21NO2/c1-15-12-17(13-20(23)19(15)14-22)5-4-16-6-8-18(9-7-16)21-10-2-3-11-21/h4-9,12-14,23H,2-3,10-11H2,1H3/b5-4+. The summed E-state index contributed by atoms with van der Waals surface area (Å²) in [5.41, 5.74) is 4.42. The Morgan fingerprint density at radius 1 is 1.00 bits per heavy atom. The molecule has 0 spiro atoms. The molecule has 1 aliphatic heterocycles. The second kappa shape index (κ2) is 6.69. The van der Waals surface area contributed by atoms with Crippen molar-refractivity contribution in [3.8, 4) is 5.75 Å². The highest BCUT2D eigenvalue weighted by atomic mass is 16.3. The minimum Gasteiger partial charge on any atom is -0.507 e. The molecule has 1 heterocycles. The van der Waals surface area contributed by atoms with Crippen molar-refractivity contribution in [2.45, 2.75) is 19.8 Å². The molecule has 0 atom stereocenters. The van der Waals surface area contributed by atoms with Gasteiger partial charge >= 0.3 is 0 Å². The van der Waals surface area contributed by atoms with Gasteiger partial charge in [-0.15, -0.1) is 0 Å². The molecule has 2 aromatic carbocycles. The lowest BCUT2D eigenvalue weighted by atomic mass is 10.0. The van der Waals surface area contributed by atoms with Crippen molar-refractivity contribution in [2.75, 3.05) is 18.0 Å². The van der Waals surface area contributed by atoms with Crippen LogP contribution >= 0.6 is 0 Å². The molecule has 1 N–H and O–H groups in total. The van der Waals surface area contributed by atoms with E-state index < -0.39 is 0 Å². The van der Waals surface area contributed by atoms with Gasteiger partial charge in [-0.05, 0) is 54.7 Å². The number of anilines is 1. The summed E-state index contributed by atoms with van der Waals surface area (Å²) in [6.45, 7) is 4.12. The Labute approximate surface area is 136 Å². The molecule has 0 aliphatic carbocycles. The van der Waals surface area contributed by atoms with Gasteiger partial charge < -0.3 is 10.0 Å². The highest BCUT2D eigenvalue weighted by molar-refractivity contribution is 5.83. The van der Waals surface area contributed by atoms with Crippen molar-refractivity contribution >= 4 is 24.1 Å². The van der Waals surface area contributed by atoms with Crippen molar-refractivity contribution in [1.29, 1.82) is 0 Å². The molecule has 2 aromatic rings. The number of carbonyl (C=O) groups excluding carboxylic acids is 1. The Balaban J connectivity index is 1.76. The van der Waals surface area contributed by atoms with Crippen LogP contribution in [0.1, 0.15) is 39.9 Å². The van der Waals surface area contributed by atoms with Crippen molar-refractivity contribution in [2.24, 2.45) is 0 Å². The Hall–Kier alpha value is -2.55. The first-order chi connectivity index (χ1) is 11.2. The molecule has 3 nitrogen and oxygen atoms in total. The molecule has 1 aliphatic rings. The van der Waals surface area contributed by atoms with Crippen LogP contribution in [0.3, 0.4) is 0 Å². The molecule has 118 valence electrons. The van der Waals surface area contributed by atoms with Crippen LogP contribution in [0, 0.1) is 6.92 Å².